The lowest BCUT2D eigenvalue weighted by atomic mass is 10.1. The molecule has 0 spiro atoms. The van der Waals surface area contributed by atoms with Crippen LogP contribution in [0.1, 0.15) is 0 Å². The SMILES string of the molecule is Oc1ccc(-c2ccccc2)cc1.Oc1ccc(O)cc1. The molecule has 0 saturated carbocycles. The Labute approximate surface area is 123 Å². The summed E-state index contributed by atoms with van der Waals surface area (Å²) in [7, 11) is 0. The van der Waals surface area contributed by atoms with Gasteiger partial charge in [0.1, 0.15) is 17.2 Å². The van der Waals surface area contributed by atoms with E-state index in [1.54, 1.807) is 12.1 Å². The van der Waals surface area contributed by atoms with Crippen molar-refractivity contribution in [2.75, 3.05) is 0 Å². The summed E-state index contributed by atoms with van der Waals surface area (Å²) in [4.78, 5) is 0. The predicted octanol–water partition coefficient (Wildman–Crippen LogP) is 4.16. The van der Waals surface area contributed by atoms with Crippen molar-refractivity contribution in [3.8, 4) is 28.4 Å². The Bertz CT molecular complexity index is 638. The number of benzene rings is 3. The summed E-state index contributed by atoms with van der Waals surface area (Å²) in [6.07, 6.45) is 0. The van der Waals surface area contributed by atoms with Gasteiger partial charge in [-0.3, -0.25) is 0 Å². The molecule has 0 aliphatic rings. The Hall–Kier alpha value is -2.94. The van der Waals surface area contributed by atoms with E-state index in [2.05, 4.69) is 0 Å². The molecule has 3 aromatic rings. The maximum Gasteiger partial charge on any atom is 0.115 e. The first-order valence-electron chi connectivity index (χ1n) is 6.47. The van der Waals surface area contributed by atoms with Crippen LogP contribution in [0, 0.1) is 0 Å². The standard InChI is InChI=1S/C12H10O.C6H6O2/c13-12-8-6-11(7-9-12)10-4-2-1-3-5-10;7-5-1-2-6(8)4-3-5/h1-9,13H;1-4,7-8H. The van der Waals surface area contributed by atoms with Crippen molar-refractivity contribution in [3.63, 3.8) is 0 Å². The Morgan fingerprint density at radius 2 is 0.714 bits per heavy atom. The molecule has 0 radical (unpaired) electrons. The van der Waals surface area contributed by atoms with Crippen LogP contribution in [0.25, 0.3) is 11.1 Å². The minimum atomic E-state index is 0.169. The molecule has 0 aliphatic heterocycles. The Morgan fingerprint density at radius 1 is 0.381 bits per heavy atom. The molecule has 3 nitrogen and oxygen atoms in total. The van der Waals surface area contributed by atoms with Gasteiger partial charge >= 0.3 is 0 Å². The third-order valence-electron chi connectivity index (χ3n) is 2.82. The second-order valence-corrected chi connectivity index (χ2v) is 4.43. The number of hydrogen-bond donors (Lipinski definition) is 3. The van der Waals surface area contributed by atoms with Crippen LogP contribution in [-0.4, -0.2) is 15.3 Å². The average Bonchev–Trinajstić information content (AvgIpc) is 2.52. The zero-order valence-electron chi connectivity index (χ0n) is 11.3. The minimum absolute atomic E-state index is 0.169. The average molecular weight is 280 g/mol. The van der Waals surface area contributed by atoms with Gasteiger partial charge in [0.2, 0.25) is 0 Å². The molecule has 0 bridgehead atoms. The number of rotatable bonds is 1. The predicted molar refractivity (Wildman–Crippen MR) is 83.3 cm³/mol. The van der Waals surface area contributed by atoms with Crippen LogP contribution in [-0.2, 0) is 0 Å². The van der Waals surface area contributed by atoms with Gasteiger partial charge in [0.15, 0.2) is 0 Å². The lowest BCUT2D eigenvalue weighted by molar-refractivity contribution is 0.460. The maximum atomic E-state index is 9.10. The molecule has 0 atom stereocenters. The van der Waals surface area contributed by atoms with Crippen LogP contribution in [0.15, 0.2) is 78.9 Å². The quantitative estimate of drug-likeness (QED) is 0.587. The highest BCUT2D eigenvalue weighted by molar-refractivity contribution is 5.63. The van der Waals surface area contributed by atoms with Gasteiger partial charge in [-0.25, -0.2) is 0 Å². The van der Waals surface area contributed by atoms with E-state index in [-0.39, 0.29) is 11.5 Å². The van der Waals surface area contributed by atoms with Crippen molar-refractivity contribution < 1.29 is 15.3 Å². The van der Waals surface area contributed by atoms with E-state index in [1.165, 1.54) is 29.8 Å². The zero-order valence-corrected chi connectivity index (χ0v) is 11.3. The Kier molecular flexibility index (Phi) is 4.83. The molecular weight excluding hydrogens is 264 g/mol. The van der Waals surface area contributed by atoms with Crippen LogP contribution in [0.2, 0.25) is 0 Å². The molecule has 3 rings (SSSR count). The highest BCUT2D eigenvalue weighted by Crippen LogP contribution is 2.20. The molecule has 0 saturated heterocycles. The highest BCUT2D eigenvalue weighted by Gasteiger charge is 1.94. The number of hydrogen-bond acceptors (Lipinski definition) is 3. The normalized spacial score (nSPS) is 9.52. The fourth-order valence-electron chi connectivity index (χ4n) is 1.74. The fourth-order valence-corrected chi connectivity index (χ4v) is 1.74. The van der Waals surface area contributed by atoms with Crippen molar-refractivity contribution in [1.82, 2.24) is 0 Å². The zero-order chi connectivity index (χ0) is 15.1. The van der Waals surface area contributed by atoms with Crippen LogP contribution in [0.5, 0.6) is 17.2 Å². The van der Waals surface area contributed by atoms with E-state index >= 15 is 0 Å². The first kappa shape index (κ1) is 14.5. The molecule has 0 amide bonds. The molecule has 21 heavy (non-hydrogen) atoms. The van der Waals surface area contributed by atoms with Crippen LogP contribution < -0.4 is 0 Å². The molecule has 3 N–H and O–H groups in total. The molecule has 106 valence electrons. The first-order valence-corrected chi connectivity index (χ1v) is 6.47. The molecule has 0 aromatic heterocycles. The van der Waals surface area contributed by atoms with Gasteiger partial charge in [0.25, 0.3) is 0 Å². The van der Waals surface area contributed by atoms with Crippen molar-refractivity contribution in [3.05, 3.63) is 78.9 Å². The lowest BCUT2D eigenvalue weighted by Gasteiger charge is -2.00. The Morgan fingerprint density at radius 3 is 1.14 bits per heavy atom. The van der Waals surface area contributed by atoms with Crippen molar-refractivity contribution >= 4 is 0 Å². The summed E-state index contributed by atoms with van der Waals surface area (Å²) < 4.78 is 0. The van der Waals surface area contributed by atoms with Crippen LogP contribution >= 0.6 is 0 Å². The van der Waals surface area contributed by atoms with Gasteiger partial charge in [-0.1, -0.05) is 42.5 Å². The van der Waals surface area contributed by atoms with E-state index in [4.69, 9.17) is 15.3 Å². The second kappa shape index (κ2) is 7.01. The first-order chi connectivity index (χ1) is 10.1. The molecule has 0 fully saturated rings. The summed E-state index contributed by atoms with van der Waals surface area (Å²) in [6, 6.07) is 23.0. The van der Waals surface area contributed by atoms with E-state index in [0.29, 0.717) is 5.75 Å². The summed E-state index contributed by atoms with van der Waals surface area (Å²) in [6.45, 7) is 0. The maximum absolute atomic E-state index is 9.10. The van der Waals surface area contributed by atoms with E-state index < -0.39 is 0 Å². The van der Waals surface area contributed by atoms with Crippen LogP contribution in [0.4, 0.5) is 0 Å². The van der Waals surface area contributed by atoms with Gasteiger partial charge in [-0.15, -0.1) is 0 Å². The minimum Gasteiger partial charge on any atom is -0.508 e. The summed E-state index contributed by atoms with van der Waals surface area (Å²) in [5, 5.41) is 26.4. The summed E-state index contributed by atoms with van der Waals surface area (Å²) >= 11 is 0. The van der Waals surface area contributed by atoms with Crippen molar-refractivity contribution in [1.29, 1.82) is 0 Å². The molecule has 3 heteroatoms. The third-order valence-corrected chi connectivity index (χ3v) is 2.82. The van der Waals surface area contributed by atoms with Gasteiger partial charge in [0, 0.05) is 0 Å². The number of phenolic OH excluding ortho intramolecular Hbond substituents is 3. The van der Waals surface area contributed by atoms with Gasteiger partial charge in [-0.05, 0) is 47.5 Å². The lowest BCUT2D eigenvalue weighted by Crippen LogP contribution is -1.74. The second-order valence-electron chi connectivity index (χ2n) is 4.43. The number of phenols is 3. The topological polar surface area (TPSA) is 60.7 Å². The third kappa shape index (κ3) is 4.58. The largest absolute Gasteiger partial charge is 0.508 e. The summed E-state index contributed by atoms with van der Waals surface area (Å²) in [5.41, 5.74) is 2.29. The van der Waals surface area contributed by atoms with Crippen molar-refractivity contribution in [2.45, 2.75) is 0 Å². The molecule has 3 aromatic carbocycles. The molecule has 0 heterocycles. The fraction of sp³-hybridized carbons (Fsp3) is 0. The molecular formula is C18H16O3. The van der Waals surface area contributed by atoms with Crippen molar-refractivity contribution in [2.24, 2.45) is 0 Å². The van der Waals surface area contributed by atoms with Crippen LogP contribution in [0.3, 0.4) is 0 Å². The Balaban J connectivity index is 0.000000173. The van der Waals surface area contributed by atoms with E-state index in [0.717, 1.165) is 5.56 Å². The van der Waals surface area contributed by atoms with Gasteiger partial charge in [-0.2, -0.15) is 0 Å². The number of aromatic hydroxyl groups is 3. The van der Waals surface area contributed by atoms with Gasteiger partial charge < -0.3 is 15.3 Å². The summed E-state index contributed by atoms with van der Waals surface area (Å²) in [5.74, 6) is 0.644. The van der Waals surface area contributed by atoms with E-state index in [1.807, 2.05) is 42.5 Å². The monoisotopic (exact) mass is 280 g/mol. The van der Waals surface area contributed by atoms with Gasteiger partial charge in [0.05, 0.1) is 0 Å². The molecule has 0 aliphatic carbocycles. The smallest absolute Gasteiger partial charge is 0.115 e. The molecule has 0 unspecified atom stereocenters. The highest BCUT2D eigenvalue weighted by atomic mass is 16.3. The van der Waals surface area contributed by atoms with E-state index in [9.17, 15) is 0 Å².